The number of aromatic amines is 2. The van der Waals surface area contributed by atoms with E-state index in [1.807, 2.05) is 0 Å². The van der Waals surface area contributed by atoms with E-state index < -0.39 is 54.5 Å². The number of H-pyrrole nitrogens is 2. The maximum Gasteiger partial charge on any atom is 0.328 e. The lowest BCUT2D eigenvalue weighted by atomic mass is 10.0. The van der Waals surface area contributed by atoms with Crippen molar-refractivity contribution in [2.75, 3.05) is 6.61 Å². The van der Waals surface area contributed by atoms with Crippen LogP contribution in [0.3, 0.4) is 0 Å². The topological polar surface area (TPSA) is 228 Å². The van der Waals surface area contributed by atoms with Gasteiger partial charge in [0.2, 0.25) is 17.7 Å². The molecular weight excluding hydrogens is 448 g/mol. The number of aromatic nitrogens is 4. The van der Waals surface area contributed by atoms with E-state index in [0.29, 0.717) is 11.4 Å². The van der Waals surface area contributed by atoms with Gasteiger partial charge in [0, 0.05) is 36.6 Å². The molecule has 0 aromatic carbocycles. The van der Waals surface area contributed by atoms with E-state index in [4.69, 9.17) is 10.8 Å². The number of hydrogen-bond donors (Lipinski definition) is 8. The fraction of sp³-hybridized carbons (Fsp3) is 0.500. The molecule has 3 amide bonds. The zero-order valence-electron chi connectivity index (χ0n) is 18.8. The zero-order chi connectivity index (χ0) is 25.3. The highest BCUT2D eigenvalue weighted by Gasteiger charge is 2.32. The molecule has 2 aromatic heterocycles. The molecule has 9 N–H and O–H groups in total. The van der Waals surface area contributed by atoms with E-state index in [1.165, 1.54) is 25.0 Å². The van der Waals surface area contributed by atoms with Crippen LogP contribution in [0.25, 0.3) is 0 Å². The molecule has 0 aliphatic heterocycles. The third-order valence-corrected chi connectivity index (χ3v) is 4.99. The summed E-state index contributed by atoms with van der Waals surface area (Å²) in [5.74, 6) is -3.84. The van der Waals surface area contributed by atoms with E-state index in [2.05, 4.69) is 35.9 Å². The van der Waals surface area contributed by atoms with Crippen LogP contribution in [-0.4, -0.2) is 84.6 Å². The molecule has 2 aromatic rings. The SMILES string of the molecule is CC(C)C(NC(=O)C(N)Cc1cnc[nH]1)C(=O)NC(Cc1cnc[nH]1)C(=O)NC(CO)C(=O)O. The molecule has 4 unspecified atom stereocenters. The van der Waals surface area contributed by atoms with Gasteiger partial charge in [-0.2, -0.15) is 0 Å². The minimum Gasteiger partial charge on any atom is -0.480 e. The van der Waals surface area contributed by atoms with Crippen molar-refractivity contribution in [3.63, 3.8) is 0 Å². The first-order chi connectivity index (χ1) is 16.1. The summed E-state index contributed by atoms with van der Waals surface area (Å²) in [6, 6.07) is -4.72. The largest absolute Gasteiger partial charge is 0.480 e. The summed E-state index contributed by atoms with van der Waals surface area (Å²) in [7, 11) is 0. The van der Waals surface area contributed by atoms with Gasteiger partial charge in [-0.1, -0.05) is 13.8 Å². The summed E-state index contributed by atoms with van der Waals surface area (Å²) < 4.78 is 0. The van der Waals surface area contributed by atoms with Crippen molar-refractivity contribution in [3.05, 3.63) is 36.4 Å². The smallest absolute Gasteiger partial charge is 0.328 e. The molecule has 0 fully saturated rings. The van der Waals surface area contributed by atoms with Crippen molar-refractivity contribution in [2.24, 2.45) is 11.7 Å². The number of aliphatic hydroxyl groups excluding tert-OH is 1. The molecule has 2 rings (SSSR count). The number of amides is 3. The molecule has 186 valence electrons. The highest BCUT2D eigenvalue weighted by atomic mass is 16.4. The number of aliphatic carboxylic acids is 1. The van der Waals surface area contributed by atoms with Crippen LogP contribution in [0, 0.1) is 5.92 Å². The first-order valence-corrected chi connectivity index (χ1v) is 10.6. The summed E-state index contributed by atoms with van der Waals surface area (Å²) in [4.78, 5) is 62.9. The van der Waals surface area contributed by atoms with E-state index in [-0.39, 0.29) is 18.8 Å². The highest BCUT2D eigenvalue weighted by Crippen LogP contribution is 2.07. The van der Waals surface area contributed by atoms with E-state index in [1.54, 1.807) is 13.8 Å². The Bertz CT molecular complexity index is 946. The van der Waals surface area contributed by atoms with Crippen molar-refractivity contribution in [3.8, 4) is 0 Å². The lowest BCUT2D eigenvalue weighted by molar-refractivity contribution is -0.143. The minimum absolute atomic E-state index is 0.0343. The van der Waals surface area contributed by atoms with Gasteiger partial charge >= 0.3 is 5.97 Å². The van der Waals surface area contributed by atoms with Crippen molar-refractivity contribution < 1.29 is 29.4 Å². The average molecular weight is 479 g/mol. The Balaban J connectivity index is 2.11. The van der Waals surface area contributed by atoms with Gasteiger partial charge < -0.3 is 41.9 Å². The van der Waals surface area contributed by atoms with Crippen molar-refractivity contribution >= 4 is 23.7 Å². The minimum atomic E-state index is -1.55. The summed E-state index contributed by atoms with van der Waals surface area (Å²) in [5.41, 5.74) is 7.11. The maximum absolute atomic E-state index is 13.0. The van der Waals surface area contributed by atoms with E-state index in [9.17, 15) is 24.3 Å². The molecule has 34 heavy (non-hydrogen) atoms. The molecule has 2 heterocycles. The van der Waals surface area contributed by atoms with Gasteiger partial charge in [0.25, 0.3) is 0 Å². The normalized spacial score (nSPS) is 14.6. The number of carboxylic acids is 1. The Labute approximate surface area is 195 Å². The van der Waals surface area contributed by atoms with Gasteiger partial charge in [-0.3, -0.25) is 14.4 Å². The van der Waals surface area contributed by atoms with Crippen molar-refractivity contribution in [1.29, 1.82) is 0 Å². The number of carbonyl (C=O) groups is 4. The summed E-state index contributed by atoms with van der Waals surface area (Å²) in [5, 5.41) is 25.6. The Hall–Kier alpha value is -3.78. The van der Waals surface area contributed by atoms with Gasteiger partial charge in [0.15, 0.2) is 0 Å². The molecule has 0 radical (unpaired) electrons. The molecule has 0 saturated carbocycles. The predicted octanol–water partition coefficient (Wildman–Crippen LogP) is -2.57. The number of carboxylic acid groups (broad SMARTS) is 1. The molecular formula is C20H30N8O6. The van der Waals surface area contributed by atoms with Gasteiger partial charge in [0.05, 0.1) is 25.3 Å². The van der Waals surface area contributed by atoms with Crippen LogP contribution in [0.1, 0.15) is 25.2 Å². The quantitative estimate of drug-likeness (QED) is 0.151. The van der Waals surface area contributed by atoms with Crippen molar-refractivity contribution in [1.82, 2.24) is 35.9 Å². The first-order valence-electron chi connectivity index (χ1n) is 10.6. The molecule has 0 aliphatic rings. The van der Waals surface area contributed by atoms with Crippen LogP contribution in [0.2, 0.25) is 0 Å². The Morgan fingerprint density at radius 2 is 1.47 bits per heavy atom. The average Bonchev–Trinajstić information content (AvgIpc) is 3.48. The summed E-state index contributed by atoms with van der Waals surface area (Å²) >= 11 is 0. The maximum atomic E-state index is 13.0. The van der Waals surface area contributed by atoms with E-state index >= 15 is 0 Å². The number of aliphatic hydroxyl groups is 1. The number of nitrogens with zero attached hydrogens (tertiary/aromatic N) is 2. The zero-order valence-corrected chi connectivity index (χ0v) is 18.8. The van der Waals surface area contributed by atoms with Crippen LogP contribution in [0.15, 0.2) is 25.0 Å². The molecule has 14 nitrogen and oxygen atoms in total. The second kappa shape index (κ2) is 12.5. The second-order valence-corrected chi connectivity index (χ2v) is 8.04. The number of hydrogen-bond acceptors (Lipinski definition) is 8. The standard InChI is InChI=1S/C20H30N8O6/c1-10(2)16(28-17(30)13(21)3-11-5-22-8-24-11)19(32)26-14(4-12-6-23-9-25-12)18(31)27-15(7-29)20(33)34/h5-6,8-10,13-16,29H,3-4,7,21H2,1-2H3,(H,22,24)(H,23,25)(H,26,32)(H,27,31)(H,28,30)(H,33,34). The predicted molar refractivity (Wildman–Crippen MR) is 118 cm³/mol. The highest BCUT2D eigenvalue weighted by molar-refractivity contribution is 5.94. The number of nitrogens with one attached hydrogen (secondary N) is 5. The van der Waals surface area contributed by atoms with Crippen LogP contribution in [0.5, 0.6) is 0 Å². The van der Waals surface area contributed by atoms with Crippen molar-refractivity contribution in [2.45, 2.75) is 50.9 Å². The summed E-state index contributed by atoms with van der Waals surface area (Å²) in [6.45, 7) is 2.59. The fourth-order valence-corrected chi connectivity index (χ4v) is 3.07. The molecule has 4 atom stereocenters. The molecule has 0 saturated heterocycles. The van der Waals surface area contributed by atoms with Crippen LogP contribution >= 0.6 is 0 Å². The monoisotopic (exact) mass is 478 g/mol. The van der Waals surface area contributed by atoms with E-state index in [0.717, 1.165) is 0 Å². The van der Waals surface area contributed by atoms with Crippen LogP contribution < -0.4 is 21.7 Å². The molecule has 0 bridgehead atoms. The fourth-order valence-electron chi connectivity index (χ4n) is 3.07. The summed E-state index contributed by atoms with van der Waals surface area (Å²) in [6.07, 6.45) is 5.98. The van der Waals surface area contributed by atoms with Gasteiger partial charge in [-0.15, -0.1) is 0 Å². The lowest BCUT2D eigenvalue weighted by Crippen LogP contribution is -2.59. The Morgan fingerprint density at radius 1 is 0.912 bits per heavy atom. The third kappa shape index (κ3) is 7.67. The van der Waals surface area contributed by atoms with Gasteiger partial charge in [-0.25, -0.2) is 14.8 Å². The second-order valence-electron chi connectivity index (χ2n) is 8.04. The number of imidazole rings is 2. The first kappa shape index (κ1) is 26.5. The number of carbonyl (C=O) groups excluding carboxylic acids is 3. The number of nitrogens with two attached hydrogens (primary N) is 1. The van der Waals surface area contributed by atoms with Crippen LogP contribution in [-0.2, 0) is 32.0 Å². The van der Waals surface area contributed by atoms with Gasteiger partial charge in [-0.05, 0) is 5.92 Å². The Morgan fingerprint density at radius 3 is 1.94 bits per heavy atom. The van der Waals surface area contributed by atoms with Crippen LogP contribution in [0.4, 0.5) is 0 Å². The molecule has 14 heteroatoms. The molecule has 0 spiro atoms. The Kier molecular flexibility index (Phi) is 9.70. The third-order valence-electron chi connectivity index (χ3n) is 4.99. The van der Waals surface area contributed by atoms with Gasteiger partial charge in [0.1, 0.15) is 18.1 Å². The lowest BCUT2D eigenvalue weighted by Gasteiger charge is -2.26. The molecule has 0 aliphatic carbocycles. The number of rotatable bonds is 13.